The summed E-state index contributed by atoms with van der Waals surface area (Å²) in [7, 11) is 0. The Kier molecular flexibility index (Phi) is 7.00. The lowest BCUT2D eigenvalue weighted by Crippen LogP contribution is -1.92. The Morgan fingerprint density at radius 2 is 0.786 bits per heavy atom. The molecule has 0 fully saturated rings. The fourth-order valence-electron chi connectivity index (χ4n) is 8.71. The van der Waals surface area contributed by atoms with Gasteiger partial charge in [0.15, 0.2) is 0 Å². The third-order valence-electron chi connectivity index (χ3n) is 11.3. The lowest BCUT2D eigenvalue weighted by atomic mass is 9.96. The van der Waals surface area contributed by atoms with Gasteiger partial charge in [0, 0.05) is 67.8 Å². The number of nitrogens with zero attached hydrogens (tertiary/aromatic N) is 2. The summed E-state index contributed by atoms with van der Waals surface area (Å²) in [6, 6.07) is 63.8. The van der Waals surface area contributed by atoms with E-state index >= 15 is 0 Å². The molecular formula is C52H30N2S2. The van der Waals surface area contributed by atoms with Gasteiger partial charge in [-0.3, -0.25) is 4.98 Å². The molecule has 2 nitrogen and oxygen atoms in total. The molecule has 0 atom stereocenters. The van der Waals surface area contributed by atoms with E-state index in [2.05, 4.69) is 176 Å². The van der Waals surface area contributed by atoms with Crippen molar-refractivity contribution < 1.29 is 0 Å². The summed E-state index contributed by atoms with van der Waals surface area (Å²) >= 11 is 3.81. The van der Waals surface area contributed by atoms with Gasteiger partial charge in [-0.15, -0.1) is 22.7 Å². The molecule has 12 aromatic rings. The van der Waals surface area contributed by atoms with Gasteiger partial charge in [0.05, 0.1) is 22.9 Å². The van der Waals surface area contributed by atoms with E-state index < -0.39 is 0 Å². The van der Waals surface area contributed by atoms with Crippen LogP contribution in [0.3, 0.4) is 0 Å². The second-order valence-corrected chi connectivity index (χ2v) is 16.5. The van der Waals surface area contributed by atoms with E-state index in [0.29, 0.717) is 0 Å². The summed E-state index contributed by atoms with van der Waals surface area (Å²) in [5, 5.41) is 9.93. The molecule has 0 N–H and O–H groups in total. The Balaban J connectivity index is 0.963. The van der Waals surface area contributed by atoms with Crippen molar-refractivity contribution in [3.63, 3.8) is 0 Å². The minimum absolute atomic E-state index is 0.869. The third kappa shape index (κ3) is 4.80. The lowest BCUT2D eigenvalue weighted by molar-refractivity contribution is 1.31. The minimum Gasteiger partial charge on any atom is -0.252 e. The second kappa shape index (κ2) is 12.4. The number of aromatic nitrogens is 2. The maximum atomic E-state index is 5.27. The topological polar surface area (TPSA) is 25.8 Å². The smallest absolute Gasteiger partial charge is 0.0979 e. The first-order valence-corrected chi connectivity index (χ1v) is 20.5. The van der Waals surface area contributed by atoms with Crippen molar-refractivity contribution in [2.75, 3.05) is 0 Å². The van der Waals surface area contributed by atoms with Crippen LogP contribution < -0.4 is 0 Å². The van der Waals surface area contributed by atoms with Gasteiger partial charge in [-0.1, -0.05) is 158 Å². The zero-order valence-electron chi connectivity index (χ0n) is 30.0. The van der Waals surface area contributed by atoms with Crippen LogP contribution in [0, 0.1) is 0 Å². The second-order valence-electron chi connectivity index (χ2n) is 14.5. The predicted octanol–water partition coefficient (Wildman–Crippen LogP) is 15.3. The van der Waals surface area contributed by atoms with E-state index in [1.165, 1.54) is 78.9 Å². The Morgan fingerprint density at radius 3 is 1.48 bits per heavy atom. The van der Waals surface area contributed by atoms with E-state index in [9.17, 15) is 0 Å². The normalized spacial score (nSPS) is 11.9. The van der Waals surface area contributed by atoms with Gasteiger partial charge >= 0.3 is 0 Å². The average molecular weight is 747 g/mol. The van der Waals surface area contributed by atoms with E-state index in [0.717, 1.165) is 38.6 Å². The number of thiophene rings is 2. The fourth-order valence-corrected chi connectivity index (χ4v) is 11.3. The molecular weight excluding hydrogens is 717 g/mol. The van der Waals surface area contributed by atoms with Crippen LogP contribution in [0.1, 0.15) is 0 Å². The summed E-state index contributed by atoms with van der Waals surface area (Å²) in [5.74, 6) is 0. The highest BCUT2D eigenvalue weighted by Crippen LogP contribution is 2.47. The predicted molar refractivity (Wildman–Crippen MR) is 242 cm³/mol. The first-order chi connectivity index (χ1) is 27.8. The Hall–Kier alpha value is -6.72. The van der Waals surface area contributed by atoms with Crippen molar-refractivity contribution in [1.82, 2.24) is 9.97 Å². The zero-order valence-corrected chi connectivity index (χ0v) is 31.7. The Morgan fingerprint density at radius 1 is 0.321 bits per heavy atom. The Bertz CT molecular complexity index is 3520. The third-order valence-corrected chi connectivity index (χ3v) is 13.8. The molecule has 0 saturated heterocycles. The van der Waals surface area contributed by atoms with Crippen LogP contribution in [0.15, 0.2) is 182 Å². The first kappa shape index (κ1) is 31.6. The standard InChI is InChI=1S/C52H30N2S2/c1-3-19-39-36(16-1)37-17-2-4-20-40(37)49-48(39)53-30-46(54-49)34-15-8-13-32(29-34)31-12-7-14-33(28-31)35-21-9-23-42-44-25-11-26-45(52(44)56-50(35)42)43-24-10-22-41-38-18-5-6-27-47(38)55-51(41)43/h1-30H. The molecule has 0 saturated carbocycles. The van der Waals surface area contributed by atoms with Gasteiger partial charge in [-0.05, 0) is 51.2 Å². The van der Waals surface area contributed by atoms with Crippen LogP contribution in [0.5, 0.6) is 0 Å². The van der Waals surface area contributed by atoms with Crippen LogP contribution in [0.25, 0.3) is 118 Å². The number of hydrogen-bond acceptors (Lipinski definition) is 4. The number of benzene rings is 9. The molecule has 0 unspecified atom stereocenters. The van der Waals surface area contributed by atoms with E-state index in [4.69, 9.17) is 9.97 Å². The zero-order chi connectivity index (χ0) is 36.7. The van der Waals surface area contributed by atoms with Crippen LogP contribution in [-0.4, -0.2) is 9.97 Å². The van der Waals surface area contributed by atoms with E-state index in [1.807, 2.05) is 28.9 Å². The van der Waals surface area contributed by atoms with Gasteiger partial charge < -0.3 is 0 Å². The van der Waals surface area contributed by atoms with Crippen LogP contribution in [-0.2, 0) is 0 Å². The molecule has 4 heteroatoms. The molecule has 0 aliphatic heterocycles. The van der Waals surface area contributed by atoms with Crippen LogP contribution in [0.4, 0.5) is 0 Å². The molecule has 0 bridgehead atoms. The van der Waals surface area contributed by atoms with Crippen molar-refractivity contribution in [1.29, 1.82) is 0 Å². The number of hydrogen-bond donors (Lipinski definition) is 0. The maximum absolute atomic E-state index is 5.27. The fraction of sp³-hybridized carbons (Fsp3) is 0. The van der Waals surface area contributed by atoms with Crippen molar-refractivity contribution >= 4 is 95.6 Å². The highest BCUT2D eigenvalue weighted by molar-refractivity contribution is 7.27. The van der Waals surface area contributed by atoms with E-state index in [-0.39, 0.29) is 0 Å². The number of fused-ring (bicyclic) bond motifs is 12. The van der Waals surface area contributed by atoms with Crippen LogP contribution in [0.2, 0.25) is 0 Å². The Labute approximate surface area is 330 Å². The molecule has 260 valence electrons. The lowest BCUT2D eigenvalue weighted by Gasteiger charge is -2.11. The molecule has 0 amide bonds. The highest BCUT2D eigenvalue weighted by Gasteiger charge is 2.18. The van der Waals surface area contributed by atoms with Gasteiger partial charge in [0.1, 0.15) is 0 Å². The molecule has 0 aliphatic rings. The summed E-state index contributed by atoms with van der Waals surface area (Å²) in [5.41, 5.74) is 11.2. The quantitative estimate of drug-likeness (QED) is 0.168. The average Bonchev–Trinajstić information content (AvgIpc) is 3.85. The van der Waals surface area contributed by atoms with Crippen molar-refractivity contribution in [2.24, 2.45) is 0 Å². The molecule has 3 heterocycles. The molecule has 3 aromatic heterocycles. The van der Waals surface area contributed by atoms with Crippen LogP contribution >= 0.6 is 22.7 Å². The molecule has 12 rings (SSSR count). The molecule has 56 heavy (non-hydrogen) atoms. The number of rotatable bonds is 4. The molecule has 0 radical (unpaired) electrons. The van der Waals surface area contributed by atoms with Crippen molar-refractivity contribution in [3.05, 3.63) is 182 Å². The van der Waals surface area contributed by atoms with Gasteiger partial charge in [-0.25, -0.2) is 4.98 Å². The largest absolute Gasteiger partial charge is 0.252 e. The van der Waals surface area contributed by atoms with Gasteiger partial charge in [0.25, 0.3) is 0 Å². The molecule has 0 spiro atoms. The molecule has 9 aromatic carbocycles. The van der Waals surface area contributed by atoms with Gasteiger partial charge in [0.2, 0.25) is 0 Å². The van der Waals surface area contributed by atoms with Crippen molar-refractivity contribution in [2.45, 2.75) is 0 Å². The minimum atomic E-state index is 0.869. The van der Waals surface area contributed by atoms with E-state index in [1.54, 1.807) is 0 Å². The summed E-state index contributed by atoms with van der Waals surface area (Å²) in [6.45, 7) is 0. The maximum Gasteiger partial charge on any atom is 0.0979 e. The van der Waals surface area contributed by atoms with Crippen molar-refractivity contribution in [3.8, 4) is 44.6 Å². The van der Waals surface area contributed by atoms with Gasteiger partial charge in [-0.2, -0.15) is 0 Å². The summed E-state index contributed by atoms with van der Waals surface area (Å²) in [4.78, 5) is 10.3. The monoisotopic (exact) mass is 746 g/mol. The SMILES string of the molecule is c1cc(-c2cccc(-c3cccc4c3sc3c(-c5cccc6c5sc5ccccc56)cccc34)c2)cc(-c2cnc3c4ccccc4c4ccccc4c3n2)c1. The summed E-state index contributed by atoms with van der Waals surface area (Å²) in [6.07, 6.45) is 1.93. The highest BCUT2D eigenvalue weighted by atomic mass is 32.1. The summed E-state index contributed by atoms with van der Waals surface area (Å²) < 4.78 is 5.33. The molecule has 0 aliphatic carbocycles. The first-order valence-electron chi connectivity index (χ1n) is 18.9.